The van der Waals surface area contributed by atoms with Gasteiger partial charge < -0.3 is 10.4 Å². The number of benzene rings is 2. The van der Waals surface area contributed by atoms with Gasteiger partial charge in [-0.15, -0.1) is 0 Å². The van der Waals surface area contributed by atoms with Crippen molar-refractivity contribution in [3.8, 4) is 0 Å². The normalized spacial score (nSPS) is 21.2. The van der Waals surface area contributed by atoms with Gasteiger partial charge in [0, 0.05) is 28.9 Å². The summed E-state index contributed by atoms with van der Waals surface area (Å²) in [7, 11) is 0. The van der Waals surface area contributed by atoms with Gasteiger partial charge in [0.15, 0.2) is 5.60 Å². The van der Waals surface area contributed by atoms with Crippen LogP contribution in [0.3, 0.4) is 0 Å². The lowest BCUT2D eigenvalue weighted by Gasteiger charge is -2.44. The highest BCUT2D eigenvalue weighted by Gasteiger charge is 2.57. The van der Waals surface area contributed by atoms with Crippen LogP contribution in [0.15, 0.2) is 60.9 Å². The summed E-state index contributed by atoms with van der Waals surface area (Å²) >= 11 is 0. The minimum absolute atomic E-state index is 0.306. The molecule has 31 heavy (non-hydrogen) atoms. The van der Waals surface area contributed by atoms with E-state index >= 15 is 0 Å². The van der Waals surface area contributed by atoms with Crippen molar-refractivity contribution < 1.29 is 18.3 Å². The van der Waals surface area contributed by atoms with Gasteiger partial charge in [0.25, 0.3) is 0 Å². The predicted octanol–water partition coefficient (Wildman–Crippen LogP) is 6.01. The molecule has 0 radical (unpaired) electrons. The molecular weight excluding hydrogens is 401 g/mol. The van der Waals surface area contributed by atoms with Gasteiger partial charge >= 0.3 is 6.18 Å². The van der Waals surface area contributed by atoms with E-state index in [2.05, 4.69) is 15.4 Å². The highest BCUT2D eigenvalue weighted by Crippen LogP contribution is 2.48. The fraction of sp³-hybridized carbons (Fsp3) is 0.400. The van der Waals surface area contributed by atoms with Gasteiger partial charge in [0.1, 0.15) is 0 Å². The molecule has 2 aromatic carbocycles. The van der Waals surface area contributed by atoms with Gasteiger partial charge in [-0.3, -0.25) is 4.98 Å². The Balaban J connectivity index is 1.71. The van der Waals surface area contributed by atoms with Crippen molar-refractivity contribution in [2.45, 2.75) is 56.2 Å². The number of hydrogen-bond donors (Lipinski definition) is 2. The number of aryl methyl sites for hydroxylation is 1. The van der Waals surface area contributed by atoms with E-state index in [0.29, 0.717) is 18.5 Å². The Labute approximate surface area is 181 Å². The Kier molecular flexibility index (Phi) is 5.34. The number of halogens is 3. The van der Waals surface area contributed by atoms with Crippen LogP contribution < -0.4 is 5.32 Å². The van der Waals surface area contributed by atoms with Crippen molar-refractivity contribution in [1.82, 2.24) is 4.98 Å². The summed E-state index contributed by atoms with van der Waals surface area (Å²) in [6.07, 6.45) is 1.12. The molecule has 6 heteroatoms. The zero-order valence-electron chi connectivity index (χ0n) is 18.5. The van der Waals surface area contributed by atoms with E-state index in [1.54, 1.807) is 30.6 Å². The van der Waals surface area contributed by atoms with Crippen molar-refractivity contribution in [2.24, 2.45) is 0 Å². The Morgan fingerprint density at radius 2 is 2.00 bits per heavy atom. The van der Waals surface area contributed by atoms with Gasteiger partial charge in [0.2, 0.25) is 1.43 Å². The standard InChI is InChI=1S/C25H27F3N2O/c1-2-23(13-6-9-18-7-3-4-10-21(18)23)16-24(31,25(26,27)28)17-30-22-11-5-8-19-15-29-14-12-20(19)22/h3-5,7-8,10-12,14-15,30-31H,2,6,9,13,16-17H2,1H3/i31D. The highest BCUT2D eigenvalue weighted by atomic mass is 19.4. The summed E-state index contributed by atoms with van der Waals surface area (Å²) < 4.78 is 51.2. The number of alkyl halides is 3. The lowest BCUT2D eigenvalue weighted by molar-refractivity contribution is -0.262. The van der Waals surface area contributed by atoms with Crippen LogP contribution >= 0.6 is 0 Å². The fourth-order valence-corrected chi connectivity index (χ4v) is 5.01. The van der Waals surface area contributed by atoms with Crippen molar-refractivity contribution in [1.29, 1.82) is 1.43 Å². The monoisotopic (exact) mass is 429 g/mol. The van der Waals surface area contributed by atoms with E-state index in [9.17, 15) is 13.2 Å². The van der Waals surface area contributed by atoms with Crippen molar-refractivity contribution in [3.63, 3.8) is 0 Å². The molecule has 2 unspecified atom stereocenters. The van der Waals surface area contributed by atoms with Crippen molar-refractivity contribution in [3.05, 3.63) is 72.1 Å². The molecule has 3 aromatic rings. The number of fused-ring (bicyclic) bond motifs is 2. The van der Waals surface area contributed by atoms with Gasteiger partial charge in [-0.1, -0.05) is 43.3 Å². The number of anilines is 1. The number of hydrogen-bond acceptors (Lipinski definition) is 3. The molecule has 2 atom stereocenters. The SMILES string of the molecule is [2H]OC(CNc1cccc2cnccc12)(CC1(CC)CCCc2ccccc21)C(F)(F)F. The van der Waals surface area contributed by atoms with Crippen molar-refractivity contribution in [2.75, 3.05) is 11.9 Å². The van der Waals surface area contributed by atoms with Crippen LogP contribution in [0.5, 0.6) is 0 Å². The zero-order valence-corrected chi connectivity index (χ0v) is 17.5. The average Bonchev–Trinajstić information content (AvgIpc) is 2.81. The summed E-state index contributed by atoms with van der Waals surface area (Å²) in [5, 5.41) is 9.18. The first kappa shape index (κ1) is 20.3. The van der Waals surface area contributed by atoms with Gasteiger partial charge in [-0.2, -0.15) is 13.2 Å². The Bertz CT molecular complexity index is 1080. The first-order chi connectivity index (χ1) is 15.3. The lowest BCUT2D eigenvalue weighted by Crippen LogP contribution is -2.55. The second kappa shape index (κ2) is 8.15. The summed E-state index contributed by atoms with van der Waals surface area (Å²) in [5.74, 6) is 0. The first-order valence-corrected chi connectivity index (χ1v) is 10.7. The highest BCUT2D eigenvalue weighted by molar-refractivity contribution is 5.93. The van der Waals surface area contributed by atoms with Crippen LogP contribution in [0.2, 0.25) is 0 Å². The van der Waals surface area contributed by atoms with E-state index in [1.165, 1.54) is 0 Å². The van der Waals surface area contributed by atoms with E-state index in [-0.39, 0.29) is 6.42 Å². The molecule has 164 valence electrons. The minimum atomic E-state index is -4.72. The van der Waals surface area contributed by atoms with Gasteiger partial charge in [-0.05, 0) is 60.8 Å². The molecule has 1 aliphatic carbocycles. The van der Waals surface area contributed by atoms with Crippen molar-refractivity contribution >= 4 is 16.5 Å². The molecule has 0 saturated heterocycles. The average molecular weight is 430 g/mol. The smallest absolute Gasteiger partial charge is 0.381 e. The molecule has 0 fully saturated rings. The molecule has 2 N–H and O–H groups in total. The van der Waals surface area contributed by atoms with E-state index < -0.39 is 23.7 Å². The maximum Gasteiger partial charge on any atom is 0.418 e. The van der Waals surface area contributed by atoms with Crippen LogP contribution in [0, 0.1) is 0 Å². The number of aliphatic hydroxyl groups is 1. The Hall–Kier alpha value is -2.60. The van der Waals surface area contributed by atoms with E-state index in [0.717, 1.165) is 34.7 Å². The number of nitrogens with one attached hydrogen (secondary N) is 1. The molecule has 3 nitrogen and oxygen atoms in total. The summed E-state index contributed by atoms with van der Waals surface area (Å²) in [4.78, 5) is 4.07. The molecule has 1 aliphatic rings. The van der Waals surface area contributed by atoms with E-state index in [1.807, 2.05) is 37.3 Å². The molecular formula is C25H27F3N2O. The summed E-state index contributed by atoms with van der Waals surface area (Å²) in [5.41, 5.74) is -0.740. The quantitative estimate of drug-likeness (QED) is 0.483. The zero-order chi connectivity index (χ0) is 22.8. The second-order valence-electron chi connectivity index (χ2n) is 8.57. The predicted molar refractivity (Wildman–Crippen MR) is 117 cm³/mol. The Morgan fingerprint density at radius 1 is 1.16 bits per heavy atom. The molecule has 4 rings (SSSR count). The summed E-state index contributed by atoms with van der Waals surface area (Å²) in [6.45, 7) is 1.38. The molecule has 0 bridgehead atoms. The van der Waals surface area contributed by atoms with Crippen LogP contribution in [-0.4, -0.2) is 29.8 Å². The van der Waals surface area contributed by atoms with Crippen LogP contribution in [0.1, 0.15) is 43.7 Å². The summed E-state index contributed by atoms with van der Waals surface area (Å²) in [6, 6.07) is 14.9. The third-order valence-corrected chi connectivity index (χ3v) is 6.75. The number of aromatic nitrogens is 1. The number of rotatable bonds is 7. The fourth-order valence-electron chi connectivity index (χ4n) is 5.01. The second-order valence-corrected chi connectivity index (χ2v) is 8.57. The minimum Gasteiger partial charge on any atom is -0.381 e. The van der Waals surface area contributed by atoms with Crippen LogP contribution in [0.25, 0.3) is 10.8 Å². The maximum atomic E-state index is 14.5. The molecule has 0 spiro atoms. The lowest BCUT2D eigenvalue weighted by atomic mass is 9.63. The van der Waals surface area contributed by atoms with Gasteiger partial charge in [-0.25, -0.2) is 0 Å². The maximum absolute atomic E-state index is 14.5. The molecule has 1 aromatic heterocycles. The Morgan fingerprint density at radius 3 is 2.77 bits per heavy atom. The molecule has 0 aliphatic heterocycles. The first-order valence-electron chi connectivity index (χ1n) is 11.1. The molecule has 0 amide bonds. The van der Waals surface area contributed by atoms with Crippen LogP contribution in [0.4, 0.5) is 18.9 Å². The topological polar surface area (TPSA) is 45.1 Å². The van der Waals surface area contributed by atoms with Crippen LogP contribution in [-0.2, 0) is 11.8 Å². The molecule has 1 heterocycles. The van der Waals surface area contributed by atoms with E-state index in [4.69, 9.17) is 1.43 Å². The number of nitrogens with zero attached hydrogens (tertiary/aromatic N) is 1. The third-order valence-electron chi connectivity index (χ3n) is 6.75. The number of pyridine rings is 1. The largest absolute Gasteiger partial charge is 0.418 e. The van der Waals surface area contributed by atoms with Gasteiger partial charge in [0.05, 0.1) is 6.54 Å². The third kappa shape index (κ3) is 4.01. The molecule has 0 saturated carbocycles.